The molecule has 0 aliphatic rings. The maximum absolute atomic E-state index is 10.6. The second-order valence-corrected chi connectivity index (χ2v) is 2.29. The second-order valence-electron chi connectivity index (χ2n) is 2.29. The number of ether oxygens (including phenoxy) is 1. The van der Waals surface area contributed by atoms with Gasteiger partial charge in [-0.2, -0.15) is 0 Å². The molecule has 4 nitrogen and oxygen atoms in total. The van der Waals surface area contributed by atoms with Crippen LogP contribution in [0.4, 0.5) is 0 Å². The van der Waals surface area contributed by atoms with E-state index in [1.165, 1.54) is 6.92 Å². The van der Waals surface area contributed by atoms with E-state index in [1.54, 1.807) is 0 Å². The van der Waals surface area contributed by atoms with Crippen LogP contribution < -0.4 is 11.1 Å². The molecule has 0 saturated heterocycles. The first-order valence-electron chi connectivity index (χ1n) is 3.75. The summed E-state index contributed by atoms with van der Waals surface area (Å²) in [4.78, 5) is 10.6. The predicted octanol–water partition coefficient (Wildman–Crippen LogP) is -0.514. The first-order chi connectivity index (χ1) is 5.20. The number of nitrogens with one attached hydrogen (secondary N) is 1. The number of hydrogen-bond donors (Lipinski definition) is 2. The van der Waals surface area contributed by atoms with Crippen LogP contribution in [0.15, 0.2) is 0 Å². The highest BCUT2D eigenvalue weighted by molar-refractivity contribution is 5.73. The van der Waals surface area contributed by atoms with Gasteiger partial charge in [0.25, 0.3) is 0 Å². The van der Waals surface area contributed by atoms with Gasteiger partial charge in [0.15, 0.2) is 0 Å². The lowest BCUT2D eigenvalue weighted by molar-refractivity contribution is -0.120. The Morgan fingerprint density at radius 2 is 2.36 bits per heavy atom. The van der Waals surface area contributed by atoms with Crippen molar-refractivity contribution in [2.45, 2.75) is 19.9 Å². The fourth-order valence-corrected chi connectivity index (χ4v) is 0.716. The van der Waals surface area contributed by atoms with Crippen molar-refractivity contribution >= 4 is 5.91 Å². The zero-order chi connectivity index (χ0) is 8.69. The van der Waals surface area contributed by atoms with Crippen LogP contribution in [0.5, 0.6) is 0 Å². The minimum Gasteiger partial charge on any atom is -0.380 e. The maximum atomic E-state index is 10.6. The van der Waals surface area contributed by atoms with E-state index in [0.717, 1.165) is 0 Å². The summed E-state index contributed by atoms with van der Waals surface area (Å²) in [5, 5.41) is 2.68. The van der Waals surface area contributed by atoms with Gasteiger partial charge in [0, 0.05) is 20.1 Å². The Kier molecular flexibility index (Phi) is 5.78. The molecule has 0 aliphatic carbocycles. The molecule has 66 valence electrons. The van der Waals surface area contributed by atoms with Gasteiger partial charge in [0.2, 0.25) is 5.91 Å². The highest BCUT2D eigenvalue weighted by Gasteiger charge is 2.06. The van der Waals surface area contributed by atoms with Crippen molar-refractivity contribution in [2.24, 2.45) is 5.73 Å². The molecule has 11 heavy (non-hydrogen) atoms. The molecule has 0 aliphatic heterocycles. The summed E-state index contributed by atoms with van der Waals surface area (Å²) in [5.74, 6) is -0.0693. The van der Waals surface area contributed by atoms with Gasteiger partial charge in [-0.3, -0.25) is 4.79 Å². The van der Waals surface area contributed by atoms with E-state index in [-0.39, 0.29) is 11.9 Å². The summed E-state index contributed by atoms with van der Waals surface area (Å²) in [6, 6.07) is -0.0487. The number of rotatable bonds is 5. The second kappa shape index (κ2) is 6.12. The lowest BCUT2D eigenvalue weighted by atomic mass is 10.3. The largest absolute Gasteiger partial charge is 0.380 e. The highest BCUT2D eigenvalue weighted by Crippen LogP contribution is 1.83. The van der Waals surface area contributed by atoms with Crippen LogP contribution in [0.2, 0.25) is 0 Å². The van der Waals surface area contributed by atoms with Crippen LogP contribution in [0.25, 0.3) is 0 Å². The van der Waals surface area contributed by atoms with Gasteiger partial charge in [-0.25, -0.2) is 0 Å². The third-order valence-electron chi connectivity index (χ3n) is 1.22. The monoisotopic (exact) mass is 160 g/mol. The van der Waals surface area contributed by atoms with Crippen molar-refractivity contribution < 1.29 is 9.53 Å². The predicted molar refractivity (Wildman–Crippen MR) is 43.2 cm³/mol. The van der Waals surface area contributed by atoms with Gasteiger partial charge in [-0.1, -0.05) is 0 Å². The van der Waals surface area contributed by atoms with Crippen LogP contribution in [-0.4, -0.2) is 31.7 Å². The van der Waals surface area contributed by atoms with Gasteiger partial charge in [-0.15, -0.1) is 0 Å². The molecule has 1 amide bonds. The highest BCUT2D eigenvalue weighted by atomic mass is 16.5. The van der Waals surface area contributed by atoms with Crippen LogP contribution in [0, 0.1) is 0 Å². The fraction of sp³-hybridized carbons (Fsp3) is 0.857. The quantitative estimate of drug-likeness (QED) is 0.569. The summed E-state index contributed by atoms with van der Waals surface area (Å²) < 4.78 is 5.09. The van der Waals surface area contributed by atoms with Gasteiger partial charge in [-0.05, 0) is 6.92 Å². The molecule has 0 rings (SSSR count). The zero-order valence-electron chi connectivity index (χ0n) is 7.09. The first-order valence-corrected chi connectivity index (χ1v) is 3.75. The first kappa shape index (κ1) is 10.4. The molecule has 4 heteroatoms. The third kappa shape index (κ3) is 5.82. The summed E-state index contributed by atoms with van der Waals surface area (Å²) in [6.45, 7) is 4.93. The van der Waals surface area contributed by atoms with Gasteiger partial charge < -0.3 is 15.8 Å². The van der Waals surface area contributed by atoms with Crippen molar-refractivity contribution in [1.29, 1.82) is 0 Å². The Hall–Kier alpha value is -0.610. The molecule has 0 bridgehead atoms. The topological polar surface area (TPSA) is 64.3 Å². The Bertz CT molecular complexity index is 117. The lowest BCUT2D eigenvalue weighted by Crippen LogP contribution is -2.42. The van der Waals surface area contributed by atoms with Gasteiger partial charge in [0.1, 0.15) is 0 Å². The standard InChI is InChI=1S/C7H16N2O2/c1-3-11-5-7(4-8)9-6(2)10/h7H,3-5,8H2,1-2H3,(H,9,10). The van der Waals surface area contributed by atoms with Crippen molar-refractivity contribution in [3.63, 3.8) is 0 Å². The van der Waals surface area contributed by atoms with Crippen LogP contribution in [0.1, 0.15) is 13.8 Å². The number of nitrogens with two attached hydrogens (primary N) is 1. The third-order valence-corrected chi connectivity index (χ3v) is 1.22. The van der Waals surface area contributed by atoms with E-state index in [1.807, 2.05) is 6.92 Å². The van der Waals surface area contributed by atoms with E-state index in [4.69, 9.17) is 10.5 Å². The molecule has 0 radical (unpaired) electrons. The molecule has 0 heterocycles. The molecule has 0 aromatic carbocycles. The molecular formula is C7H16N2O2. The maximum Gasteiger partial charge on any atom is 0.217 e. The van der Waals surface area contributed by atoms with Crippen LogP contribution >= 0.6 is 0 Å². The van der Waals surface area contributed by atoms with E-state index >= 15 is 0 Å². The Morgan fingerprint density at radius 3 is 2.73 bits per heavy atom. The van der Waals surface area contributed by atoms with Crippen molar-refractivity contribution in [3.05, 3.63) is 0 Å². The molecule has 0 spiro atoms. The molecule has 1 atom stereocenters. The minimum atomic E-state index is -0.0693. The zero-order valence-corrected chi connectivity index (χ0v) is 7.09. The van der Waals surface area contributed by atoms with Gasteiger partial charge in [0.05, 0.1) is 12.6 Å². The van der Waals surface area contributed by atoms with Gasteiger partial charge >= 0.3 is 0 Å². The van der Waals surface area contributed by atoms with Crippen molar-refractivity contribution in [2.75, 3.05) is 19.8 Å². The lowest BCUT2D eigenvalue weighted by Gasteiger charge is -2.14. The average molecular weight is 160 g/mol. The summed E-state index contributed by atoms with van der Waals surface area (Å²) in [6.07, 6.45) is 0. The molecular weight excluding hydrogens is 144 g/mol. The Labute approximate surface area is 67.1 Å². The van der Waals surface area contributed by atoms with E-state index < -0.39 is 0 Å². The van der Waals surface area contributed by atoms with Crippen LogP contribution in [0.3, 0.4) is 0 Å². The summed E-state index contributed by atoms with van der Waals surface area (Å²) in [5.41, 5.74) is 5.37. The van der Waals surface area contributed by atoms with Crippen molar-refractivity contribution in [1.82, 2.24) is 5.32 Å². The molecule has 3 N–H and O–H groups in total. The van der Waals surface area contributed by atoms with E-state index in [9.17, 15) is 4.79 Å². The number of hydrogen-bond acceptors (Lipinski definition) is 3. The Morgan fingerprint density at radius 1 is 1.73 bits per heavy atom. The van der Waals surface area contributed by atoms with E-state index in [0.29, 0.717) is 19.8 Å². The number of amides is 1. The molecule has 1 unspecified atom stereocenters. The number of carbonyl (C=O) groups excluding carboxylic acids is 1. The van der Waals surface area contributed by atoms with Crippen LogP contribution in [-0.2, 0) is 9.53 Å². The molecule has 0 aromatic rings. The minimum absolute atomic E-state index is 0.0487. The summed E-state index contributed by atoms with van der Waals surface area (Å²) >= 11 is 0. The number of carbonyl (C=O) groups is 1. The fourth-order valence-electron chi connectivity index (χ4n) is 0.716. The normalized spacial score (nSPS) is 12.6. The Balaban J connectivity index is 3.49. The average Bonchev–Trinajstić information content (AvgIpc) is 1.97. The van der Waals surface area contributed by atoms with E-state index in [2.05, 4.69) is 5.32 Å². The molecule has 0 saturated carbocycles. The molecule has 0 fully saturated rings. The smallest absolute Gasteiger partial charge is 0.217 e. The SMILES string of the molecule is CCOCC(CN)NC(C)=O. The summed E-state index contributed by atoms with van der Waals surface area (Å²) in [7, 11) is 0. The van der Waals surface area contributed by atoms with Crippen molar-refractivity contribution in [3.8, 4) is 0 Å². The molecule has 0 aromatic heterocycles.